The summed E-state index contributed by atoms with van der Waals surface area (Å²) >= 11 is 0. The minimum Gasteiger partial charge on any atom is -0.315 e. The average Bonchev–Trinajstić information content (AvgIpc) is 2.53. The lowest BCUT2D eigenvalue weighted by molar-refractivity contribution is 0.470. The Morgan fingerprint density at radius 3 is 2.62 bits per heavy atom. The maximum Gasteiger partial charge on any atom is 0.147 e. The summed E-state index contributed by atoms with van der Waals surface area (Å²) in [5.41, 5.74) is 0. The minimum atomic E-state index is 0.628. The molecule has 16 heavy (non-hydrogen) atoms. The highest BCUT2D eigenvalue weighted by atomic mass is 15.3. The lowest BCUT2D eigenvalue weighted by Crippen LogP contribution is -2.25. The molecule has 1 rings (SSSR count). The zero-order valence-corrected chi connectivity index (χ0v) is 11.0. The topological polar surface area (TPSA) is 42.7 Å². The van der Waals surface area contributed by atoms with E-state index in [1.54, 1.807) is 0 Å². The summed E-state index contributed by atoms with van der Waals surface area (Å²) in [4.78, 5) is 4.29. The third kappa shape index (κ3) is 4.31. The van der Waals surface area contributed by atoms with Crippen LogP contribution in [0.15, 0.2) is 0 Å². The first-order valence-corrected chi connectivity index (χ1v) is 6.25. The molecule has 4 heteroatoms. The van der Waals surface area contributed by atoms with Crippen LogP contribution in [0.1, 0.15) is 44.8 Å². The molecule has 0 amide bonds. The predicted octanol–water partition coefficient (Wildman–Crippen LogP) is 2.06. The van der Waals surface area contributed by atoms with Crippen LogP contribution in [0.2, 0.25) is 0 Å². The van der Waals surface area contributed by atoms with Crippen molar-refractivity contribution in [1.82, 2.24) is 20.1 Å². The van der Waals surface area contributed by atoms with Gasteiger partial charge in [0.15, 0.2) is 0 Å². The summed E-state index contributed by atoms with van der Waals surface area (Å²) in [6.07, 6.45) is 3.66. The van der Waals surface area contributed by atoms with Crippen molar-refractivity contribution >= 4 is 0 Å². The van der Waals surface area contributed by atoms with Crippen molar-refractivity contribution in [3.63, 3.8) is 0 Å². The van der Waals surface area contributed by atoms with Crippen LogP contribution in [-0.2, 0) is 6.54 Å². The number of aromatic nitrogens is 3. The quantitative estimate of drug-likeness (QED) is 0.721. The molecule has 0 spiro atoms. The summed E-state index contributed by atoms with van der Waals surface area (Å²) in [6, 6.07) is 0.628. The van der Waals surface area contributed by atoms with Gasteiger partial charge in [-0.25, -0.2) is 4.98 Å². The molecular weight excluding hydrogens is 200 g/mol. The molecule has 0 aliphatic heterocycles. The normalized spacial score (nSPS) is 13.0. The zero-order valence-electron chi connectivity index (χ0n) is 11.0. The lowest BCUT2D eigenvalue weighted by atomic mass is 10.1. The van der Waals surface area contributed by atoms with Crippen LogP contribution < -0.4 is 5.32 Å². The van der Waals surface area contributed by atoms with E-state index in [0.29, 0.717) is 6.04 Å². The fraction of sp³-hybridized carbons (Fsp3) is 0.833. The van der Waals surface area contributed by atoms with Gasteiger partial charge in [-0.2, -0.15) is 5.10 Å². The third-order valence-electron chi connectivity index (χ3n) is 2.77. The maximum atomic E-state index is 4.35. The Bertz CT molecular complexity index is 306. The summed E-state index contributed by atoms with van der Waals surface area (Å²) in [5.74, 6) is 1.90. The molecule has 0 aliphatic rings. The average molecular weight is 224 g/mol. The van der Waals surface area contributed by atoms with Gasteiger partial charge in [0.1, 0.15) is 11.6 Å². The molecule has 1 heterocycles. The molecule has 1 aromatic rings. The molecule has 0 aliphatic carbocycles. The van der Waals surface area contributed by atoms with Gasteiger partial charge in [-0.3, -0.25) is 4.68 Å². The highest BCUT2D eigenvalue weighted by Gasteiger charge is 2.03. The van der Waals surface area contributed by atoms with E-state index in [4.69, 9.17) is 0 Å². The molecule has 4 nitrogen and oxygen atoms in total. The zero-order chi connectivity index (χ0) is 12.0. The summed E-state index contributed by atoms with van der Waals surface area (Å²) in [6.45, 7) is 10.4. The Balaban J connectivity index is 2.18. The fourth-order valence-corrected chi connectivity index (χ4v) is 1.94. The van der Waals surface area contributed by atoms with Crippen LogP contribution in [0, 0.1) is 13.8 Å². The molecule has 0 radical (unpaired) electrons. The largest absolute Gasteiger partial charge is 0.315 e. The molecular formula is C12H24N4. The number of nitrogens with zero attached hydrogens (tertiary/aromatic N) is 3. The molecule has 1 unspecified atom stereocenters. The highest BCUT2D eigenvalue weighted by Crippen LogP contribution is 2.04. The van der Waals surface area contributed by atoms with Gasteiger partial charge in [-0.05, 0) is 40.2 Å². The van der Waals surface area contributed by atoms with Crippen LogP contribution in [0.25, 0.3) is 0 Å². The van der Waals surface area contributed by atoms with Crippen LogP contribution >= 0.6 is 0 Å². The molecule has 0 bridgehead atoms. The second-order valence-corrected chi connectivity index (χ2v) is 4.38. The van der Waals surface area contributed by atoms with Crippen molar-refractivity contribution in [1.29, 1.82) is 0 Å². The number of hydrogen-bond acceptors (Lipinski definition) is 3. The van der Waals surface area contributed by atoms with Gasteiger partial charge in [-0.1, -0.05) is 13.3 Å². The van der Waals surface area contributed by atoms with Crippen LogP contribution in [0.3, 0.4) is 0 Å². The van der Waals surface area contributed by atoms with E-state index in [-0.39, 0.29) is 0 Å². The van der Waals surface area contributed by atoms with Gasteiger partial charge in [-0.15, -0.1) is 0 Å². The van der Waals surface area contributed by atoms with Gasteiger partial charge in [0.25, 0.3) is 0 Å². The van der Waals surface area contributed by atoms with E-state index in [1.807, 2.05) is 18.5 Å². The van der Waals surface area contributed by atoms with Crippen LogP contribution in [0.4, 0.5) is 0 Å². The number of aryl methyl sites for hydroxylation is 3. The van der Waals surface area contributed by atoms with Crippen molar-refractivity contribution in [2.75, 3.05) is 6.54 Å². The van der Waals surface area contributed by atoms with Crippen molar-refractivity contribution in [2.45, 2.75) is 59.5 Å². The molecule has 0 saturated carbocycles. The molecule has 1 atom stereocenters. The molecule has 1 aromatic heterocycles. The van der Waals surface area contributed by atoms with E-state index >= 15 is 0 Å². The molecule has 0 fully saturated rings. The first-order valence-electron chi connectivity index (χ1n) is 6.25. The van der Waals surface area contributed by atoms with Gasteiger partial charge in [0.05, 0.1) is 0 Å². The van der Waals surface area contributed by atoms with Gasteiger partial charge in [0.2, 0.25) is 0 Å². The third-order valence-corrected chi connectivity index (χ3v) is 2.77. The lowest BCUT2D eigenvalue weighted by Gasteiger charge is -2.11. The van der Waals surface area contributed by atoms with Crippen molar-refractivity contribution in [2.24, 2.45) is 0 Å². The monoisotopic (exact) mass is 224 g/mol. The summed E-state index contributed by atoms with van der Waals surface area (Å²) < 4.78 is 2.01. The fourth-order valence-electron chi connectivity index (χ4n) is 1.94. The summed E-state index contributed by atoms with van der Waals surface area (Å²) in [7, 11) is 0. The van der Waals surface area contributed by atoms with E-state index < -0.39 is 0 Å². The molecule has 1 N–H and O–H groups in total. The van der Waals surface area contributed by atoms with Crippen LogP contribution in [-0.4, -0.2) is 27.4 Å². The molecule has 0 saturated heterocycles. The Hall–Kier alpha value is -0.900. The number of hydrogen-bond donors (Lipinski definition) is 1. The number of unbranched alkanes of at least 4 members (excludes halogenated alkanes) is 1. The van der Waals surface area contributed by atoms with Crippen molar-refractivity contribution in [3.8, 4) is 0 Å². The number of rotatable bonds is 7. The Morgan fingerprint density at radius 1 is 1.31 bits per heavy atom. The summed E-state index contributed by atoms with van der Waals surface area (Å²) in [5, 5.41) is 7.78. The van der Waals surface area contributed by atoms with Crippen molar-refractivity contribution < 1.29 is 0 Å². The van der Waals surface area contributed by atoms with Gasteiger partial charge in [0, 0.05) is 12.6 Å². The van der Waals surface area contributed by atoms with E-state index in [0.717, 1.165) is 24.7 Å². The van der Waals surface area contributed by atoms with Gasteiger partial charge >= 0.3 is 0 Å². The van der Waals surface area contributed by atoms with E-state index in [2.05, 4.69) is 29.2 Å². The first-order chi connectivity index (χ1) is 7.63. The standard InChI is InChI=1S/C12H24N4/c1-5-13-10(2)8-6-7-9-16-12(4)14-11(3)15-16/h10,13H,5-9H2,1-4H3. The van der Waals surface area contributed by atoms with Crippen molar-refractivity contribution in [3.05, 3.63) is 11.6 Å². The minimum absolute atomic E-state index is 0.628. The van der Waals surface area contributed by atoms with E-state index in [1.165, 1.54) is 19.3 Å². The molecule has 92 valence electrons. The predicted molar refractivity (Wildman–Crippen MR) is 66.5 cm³/mol. The van der Waals surface area contributed by atoms with Gasteiger partial charge < -0.3 is 5.32 Å². The Labute approximate surface area is 98.5 Å². The molecule has 0 aromatic carbocycles. The first kappa shape index (κ1) is 13.2. The highest BCUT2D eigenvalue weighted by molar-refractivity contribution is 4.87. The maximum absolute atomic E-state index is 4.35. The Morgan fingerprint density at radius 2 is 2.06 bits per heavy atom. The smallest absolute Gasteiger partial charge is 0.147 e. The SMILES string of the molecule is CCNC(C)CCCCn1nc(C)nc1C. The van der Waals surface area contributed by atoms with Crippen LogP contribution in [0.5, 0.6) is 0 Å². The second kappa shape index (κ2) is 6.63. The number of nitrogens with one attached hydrogen (secondary N) is 1. The second-order valence-electron chi connectivity index (χ2n) is 4.38. The van der Waals surface area contributed by atoms with E-state index in [9.17, 15) is 0 Å². The Kier molecular flexibility index (Phi) is 5.46.